The fourth-order valence-electron chi connectivity index (χ4n) is 1.77. The minimum Gasteiger partial charge on any atom is -0.497 e. The van der Waals surface area contributed by atoms with Gasteiger partial charge in [-0.3, -0.25) is 4.68 Å². The van der Waals surface area contributed by atoms with Gasteiger partial charge in [0.1, 0.15) is 23.7 Å². The Morgan fingerprint density at radius 1 is 1.30 bits per heavy atom. The summed E-state index contributed by atoms with van der Waals surface area (Å²) in [7, 11) is 1.61. The van der Waals surface area contributed by atoms with Crippen LogP contribution in [0.5, 0.6) is 11.5 Å². The predicted octanol–water partition coefficient (Wildman–Crippen LogP) is 1.98. The first-order valence-corrected chi connectivity index (χ1v) is 6.14. The highest BCUT2D eigenvalue weighted by Crippen LogP contribution is 2.17. The average molecular weight is 276 g/mol. The summed E-state index contributed by atoms with van der Waals surface area (Å²) < 4.78 is 12.2. The molecular formula is C14H16N2O4. The van der Waals surface area contributed by atoms with E-state index >= 15 is 0 Å². The van der Waals surface area contributed by atoms with Crippen LogP contribution in [0.3, 0.4) is 0 Å². The molecule has 0 spiro atoms. The highest BCUT2D eigenvalue weighted by Gasteiger charge is 2.11. The van der Waals surface area contributed by atoms with E-state index in [9.17, 15) is 4.79 Å². The molecule has 0 atom stereocenters. The van der Waals surface area contributed by atoms with Crippen molar-refractivity contribution in [1.82, 2.24) is 9.78 Å². The monoisotopic (exact) mass is 276 g/mol. The Labute approximate surface area is 116 Å². The first kappa shape index (κ1) is 13.9. The Morgan fingerprint density at radius 3 is 2.50 bits per heavy atom. The molecular weight excluding hydrogens is 260 g/mol. The average Bonchev–Trinajstić information content (AvgIpc) is 2.81. The smallest absolute Gasteiger partial charge is 0.339 e. The number of ether oxygens (including phenoxy) is 2. The molecule has 0 aliphatic rings. The number of benzene rings is 1. The second kappa shape index (κ2) is 6.10. The van der Waals surface area contributed by atoms with E-state index in [1.54, 1.807) is 18.7 Å². The second-order valence-electron chi connectivity index (χ2n) is 4.22. The van der Waals surface area contributed by atoms with Crippen LogP contribution in [0.2, 0.25) is 0 Å². The van der Waals surface area contributed by atoms with E-state index in [1.807, 2.05) is 24.3 Å². The highest BCUT2D eigenvalue weighted by molar-refractivity contribution is 5.88. The number of carboxylic acid groups (broad SMARTS) is 1. The fourth-order valence-corrected chi connectivity index (χ4v) is 1.77. The summed E-state index contributed by atoms with van der Waals surface area (Å²) in [6.07, 6.45) is 1.51. The summed E-state index contributed by atoms with van der Waals surface area (Å²) in [6.45, 7) is 2.57. The standard InChI is InChI=1S/C14H16N2O4/c1-10-13(14(17)18)9-16(15-10)7-8-20-12-5-3-11(19-2)4-6-12/h3-6,9H,7-8H2,1-2H3,(H,17,18). The number of hydrogen-bond donors (Lipinski definition) is 1. The maximum Gasteiger partial charge on any atom is 0.339 e. The lowest BCUT2D eigenvalue weighted by Gasteiger charge is -2.07. The number of carboxylic acids is 1. The van der Waals surface area contributed by atoms with Crippen molar-refractivity contribution in [2.24, 2.45) is 0 Å². The quantitative estimate of drug-likeness (QED) is 0.873. The van der Waals surface area contributed by atoms with E-state index in [4.69, 9.17) is 14.6 Å². The van der Waals surface area contributed by atoms with Gasteiger partial charge in [0.15, 0.2) is 0 Å². The zero-order valence-electron chi connectivity index (χ0n) is 11.4. The van der Waals surface area contributed by atoms with Crippen LogP contribution in [0.15, 0.2) is 30.5 Å². The van der Waals surface area contributed by atoms with Crippen molar-refractivity contribution < 1.29 is 19.4 Å². The van der Waals surface area contributed by atoms with Crippen LogP contribution in [0.1, 0.15) is 16.1 Å². The van der Waals surface area contributed by atoms with Crippen LogP contribution in [-0.2, 0) is 6.54 Å². The number of aromatic carboxylic acids is 1. The van der Waals surface area contributed by atoms with Gasteiger partial charge in [-0.15, -0.1) is 0 Å². The zero-order valence-corrected chi connectivity index (χ0v) is 11.4. The Kier molecular flexibility index (Phi) is 4.24. The van der Waals surface area contributed by atoms with Crippen molar-refractivity contribution in [3.05, 3.63) is 41.7 Å². The lowest BCUT2D eigenvalue weighted by molar-refractivity contribution is 0.0696. The second-order valence-corrected chi connectivity index (χ2v) is 4.22. The van der Waals surface area contributed by atoms with Crippen LogP contribution >= 0.6 is 0 Å². The van der Waals surface area contributed by atoms with Crippen molar-refractivity contribution in [2.45, 2.75) is 13.5 Å². The van der Waals surface area contributed by atoms with Gasteiger partial charge in [-0.25, -0.2) is 4.79 Å². The van der Waals surface area contributed by atoms with Crippen LogP contribution in [0.4, 0.5) is 0 Å². The molecule has 1 N–H and O–H groups in total. The molecule has 0 amide bonds. The summed E-state index contributed by atoms with van der Waals surface area (Å²) >= 11 is 0. The number of carbonyl (C=O) groups is 1. The molecule has 6 heteroatoms. The molecule has 0 radical (unpaired) electrons. The minimum absolute atomic E-state index is 0.217. The number of rotatable bonds is 6. The van der Waals surface area contributed by atoms with Gasteiger partial charge >= 0.3 is 5.97 Å². The van der Waals surface area contributed by atoms with Crippen LogP contribution in [0.25, 0.3) is 0 Å². The van der Waals surface area contributed by atoms with Crippen molar-refractivity contribution in [2.75, 3.05) is 13.7 Å². The summed E-state index contributed by atoms with van der Waals surface area (Å²) in [5.41, 5.74) is 0.719. The van der Waals surface area contributed by atoms with Gasteiger partial charge in [-0.2, -0.15) is 5.10 Å². The van der Waals surface area contributed by atoms with Crippen LogP contribution in [0, 0.1) is 6.92 Å². The van der Waals surface area contributed by atoms with Gasteiger partial charge in [0.25, 0.3) is 0 Å². The molecule has 0 fully saturated rings. The molecule has 6 nitrogen and oxygen atoms in total. The number of methoxy groups -OCH3 is 1. The third kappa shape index (κ3) is 3.28. The maximum atomic E-state index is 10.9. The van der Waals surface area contributed by atoms with E-state index in [1.165, 1.54) is 6.20 Å². The summed E-state index contributed by atoms with van der Waals surface area (Å²) in [4.78, 5) is 10.9. The molecule has 0 aliphatic heterocycles. The van der Waals surface area contributed by atoms with Gasteiger partial charge in [-0.05, 0) is 31.2 Å². The Balaban J connectivity index is 1.89. The summed E-state index contributed by atoms with van der Waals surface area (Å²) in [6, 6.07) is 7.26. The lowest BCUT2D eigenvalue weighted by atomic mass is 10.3. The molecule has 106 valence electrons. The molecule has 2 aromatic rings. The van der Waals surface area contributed by atoms with E-state index in [0.29, 0.717) is 18.8 Å². The summed E-state index contributed by atoms with van der Waals surface area (Å²) in [5.74, 6) is 0.532. The van der Waals surface area contributed by atoms with Crippen molar-refractivity contribution in [3.63, 3.8) is 0 Å². The van der Waals surface area contributed by atoms with Gasteiger partial charge in [0, 0.05) is 6.20 Å². The third-order valence-electron chi connectivity index (χ3n) is 2.83. The Bertz CT molecular complexity index is 590. The number of nitrogens with zero attached hydrogens (tertiary/aromatic N) is 2. The first-order chi connectivity index (χ1) is 9.60. The number of aromatic nitrogens is 2. The molecule has 1 heterocycles. The molecule has 1 aromatic carbocycles. The predicted molar refractivity (Wildman–Crippen MR) is 72.4 cm³/mol. The summed E-state index contributed by atoms with van der Waals surface area (Å²) in [5, 5.41) is 13.1. The molecule has 0 bridgehead atoms. The molecule has 20 heavy (non-hydrogen) atoms. The molecule has 0 unspecified atom stereocenters. The molecule has 0 saturated heterocycles. The van der Waals surface area contributed by atoms with Gasteiger partial charge < -0.3 is 14.6 Å². The number of hydrogen-bond acceptors (Lipinski definition) is 4. The third-order valence-corrected chi connectivity index (χ3v) is 2.83. The minimum atomic E-state index is -0.968. The van der Waals surface area contributed by atoms with Gasteiger partial charge in [0.2, 0.25) is 0 Å². The zero-order chi connectivity index (χ0) is 14.5. The van der Waals surface area contributed by atoms with Gasteiger partial charge in [0.05, 0.1) is 19.3 Å². The van der Waals surface area contributed by atoms with E-state index in [0.717, 1.165) is 11.5 Å². The lowest BCUT2D eigenvalue weighted by Crippen LogP contribution is -2.08. The SMILES string of the molecule is COc1ccc(OCCn2cc(C(=O)O)c(C)n2)cc1. The van der Waals surface area contributed by atoms with Crippen molar-refractivity contribution in [1.29, 1.82) is 0 Å². The van der Waals surface area contributed by atoms with Gasteiger partial charge in [-0.1, -0.05) is 0 Å². The highest BCUT2D eigenvalue weighted by atomic mass is 16.5. The Hall–Kier alpha value is -2.50. The largest absolute Gasteiger partial charge is 0.497 e. The molecule has 1 aromatic heterocycles. The fraction of sp³-hybridized carbons (Fsp3) is 0.286. The van der Waals surface area contributed by atoms with E-state index < -0.39 is 5.97 Å². The van der Waals surface area contributed by atoms with Crippen LogP contribution < -0.4 is 9.47 Å². The van der Waals surface area contributed by atoms with E-state index in [2.05, 4.69) is 5.10 Å². The molecule has 0 aliphatic carbocycles. The van der Waals surface area contributed by atoms with Crippen molar-refractivity contribution >= 4 is 5.97 Å². The molecule has 0 saturated carbocycles. The first-order valence-electron chi connectivity index (χ1n) is 6.14. The maximum absolute atomic E-state index is 10.9. The molecule has 2 rings (SSSR count). The Morgan fingerprint density at radius 2 is 1.95 bits per heavy atom. The topological polar surface area (TPSA) is 73.6 Å². The normalized spacial score (nSPS) is 10.3. The van der Waals surface area contributed by atoms with Crippen LogP contribution in [-0.4, -0.2) is 34.6 Å². The number of aryl methyl sites for hydroxylation is 1. The van der Waals surface area contributed by atoms with Crippen molar-refractivity contribution in [3.8, 4) is 11.5 Å². The van der Waals surface area contributed by atoms with E-state index in [-0.39, 0.29) is 5.56 Å².